The fraction of sp³-hybridized carbons (Fsp3) is 0.538. The maximum Gasteiger partial charge on any atom is 0.419 e. The van der Waals surface area contributed by atoms with Crippen molar-refractivity contribution < 1.29 is 13.9 Å². The van der Waals surface area contributed by atoms with Crippen molar-refractivity contribution in [3.05, 3.63) is 34.7 Å². The molecule has 0 fully saturated rings. The van der Waals surface area contributed by atoms with Gasteiger partial charge in [-0.1, -0.05) is 12.2 Å². The van der Waals surface area contributed by atoms with E-state index in [1.165, 1.54) is 13.4 Å². The van der Waals surface area contributed by atoms with Crippen LogP contribution in [0.1, 0.15) is 25.5 Å². The molecule has 0 aliphatic carbocycles. The SMILES string of the molecule is COC(=O)C(C)(C/C=C/CCn1c(C)coc1=O)NCl. The average molecular weight is 303 g/mol. The third kappa shape index (κ3) is 3.98. The first-order valence-electron chi connectivity index (χ1n) is 6.20. The lowest BCUT2D eigenvalue weighted by molar-refractivity contribution is -0.146. The molecular formula is C13H19ClN2O4. The number of oxazole rings is 1. The Balaban J connectivity index is 2.50. The van der Waals surface area contributed by atoms with E-state index in [9.17, 15) is 9.59 Å². The van der Waals surface area contributed by atoms with Crippen molar-refractivity contribution in [3.63, 3.8) is 0 Å². The van der Waals surface area contributed by atoms with Crippen molar-refractivity contribution in [3.8, 4) is 0 Å². The van der Waals surface area contributed by atoms with Crippen LogP contribution in [0.2, 0.25) is 0 Å². The van der Waals surface area contributed by atoms with E-state index >= 15 is 0 Å². The molecule has 1 N–H and O–H groups in total. The number of ether oxygens (including phenoxy) is 1. The first kappa shape index (κ1) is 16.5. The fourth-order valence-corrected chi connectivity index (χ4v) is 1.86. The molecule has 0 radical (unpaired) electrons. The van der Waals surface area contributed by atoms with E-state index in [-0.39, 0.29) is 5.76 Å². The van der Waals surface area contributed by atoms with Crippen molar-refractivity contribution in [2.45, 2.75) is 38.8 Å². The van der Waals surface area contributed by atoms with E-state index in [0.29, 0.717) is 19.4 Å². The van der Waals surface area contributed by atoms with Gasteiger partial charge >= 0.3 is 11.7 Å². The normalized spacial score (nSPS) is 14.4. The van der Waals surface area contributed by atoms with Gasteiger partial charge < -0.3 is 9.15 Å². The van der Waals surface area contributed by atoms with E-state index in [2.05, 4.69) is 9.57 Å². The summed E-state index contributed by atoms with van der Waals surface area (Å²) in [6.07, 6.45) is 6.18. The standard InChI is InChI=1S/C13H19ClN2O4/c1-10-9-20-12(18)16(10)8-6-4-5-7-13(2,15-14)11(17)19-3/h4-5,9,15H,6-8H2,1-3H3/b5-4+. The Morgan fingerprint density at radius 1 is 1.60 bits per heavy atom. The molecule has 1 aromatic rings. The van der Waals surface area contributed by atoms with Gasteiger partial charge in [-0.05, 0) is 38.5 Å². The van der Waals surface area contributed by atoms with E-state index in [1.807, 2.05) is 12.2 Å². The highest BCUT2D eigenvalue weighted by atomic mass is 35.5. The van der Waals surface area contributed by atoms with Crippen molar-refractivity contribution >= 4 is 17.7 Å². The molecule has 20 heavy (non-hydrogen) atoms. The number of hydrogen-bond acceptors (Lipinski definition) is 5. The number of esters is 1. The molecule has 0 aliphatic heterocycles. The van der Waals surface area contributed by atoms with Crippen LogP contribution in [0.4, 0.5) is 0 Å². The first-order chi connectivity index (χ1) is 9.44. The summed E-state index contributed by atoms with van der Waals surface area (Å²) in [7, 11) is 1.31. The van der Waals surface area contributed by atoms with Crippen molar-refractivity contribution in [1.29, 1.82) is 0 Å². The number of carbonyl (C=O) groups excluding carboxylic acids is 1. The number of rotatable bonds is 7. The highest BCUT2D eigenvalue weighted by Crippen LogP contribution is 2.14. The lowest BCUT2D eigenvalue weighted by Crippen LogP contribution is -2.45. The van der Waals surface area contributed by atoms with Crippen molar-refractivity contribution in [2.75, 3.05) is 7.11 Å². The second-order valence-electron chi connectivity index (χ2n) is 4.68. The van der Waals surface area contributed by atoms with Crippen LogP contribution in [-0.4, -0.2) is 23.2 Å². The number of halogens is 1. The van der Waals surface area contributed by atoms with E-state index in [1.54, 1.807) is 18.4 Å². The zero-order chi connectivity index (χ0) is 15.2. The number of aromatic nitrogens is 1. The molecule has 7 heteroatoms. The lowest BCUT2D eigenvalue weighted by atomic mass is 9.99. The van der Waals surface area contributed by atoms with Crippen LogP contribution >= 0.6 is 11.8 Å². The molecule has 1 heterocycles. The minimum Gasteiger partial charge on any atom is -0.468 e. The van der Waals surface area contributed by atoms with E-state index in [4.69, 9.17) is 16.2 Å². The Bertz CT molecular complexity index is 535. The highest BCUT2D eigenvalue weighted by molar-refractivity contribution is 6.15. The van der Waals surface area contributed by atoms with Gasteiger partial charge in [0.05, 0.1) is 12.8 Å². The number of hydrogen-bond donors (Lipinski definition) is 1. The third-order valence-corrected chi connectivity index (χ3v) is 3.45. The van der Waals surface area contributed by atoms with Gasteiger partial charge in [-0.3, -0.25) is 9.36 Å². The molecule has 6 nitrogen and oxygen atoms in total. The van der Waals surface area contributed by atoms with Gasteiger partial charge in [0, 0.05) is 6.54 Å². The second-order valence-corrected chi connectivity index (χ2v) is 4.87. The van der Waals surface area contributed by atoms with Gasteiger partial charge in [-0.15, -0.1) is 0 Å². The highest BCUT2D eigenvalue weighted by Gasteiger charge is 2.32. The minimum absolute atomic E-state index is 0.363. The van der Waals surface area contributed by atoms with Crippen LogP contribution in [0.15, 0.2) is 27.6 Å². The smallest absolute Gasteiger partial charge is 0.419 e. The fourth-order valence-electron chi connectivity index (χ4n) is 1.70. The summed E-state index contributed by atoms with van der Waals surface area (Å²) in [4.78, 5) is 25.3. The lowest BCUT2D eigenvalue weighted by Gasteiger charge is -2.22. The van der Waals surface area contributed by atoms with Gasteiger partial charge in [-0.2, -0.15) is 0 Å². The number of nitrogens with zero attached hydrogens (tertiary/aromatic N) is 1. The van der Waals surface area contributed by atoms with E-state index < -0.39 is 11.5 Å². The van der Waals surface area contributed by atoms with Gasteiger partial charge in [-0.25, -0.2) is 9.63 Å². The van der Waals surface area contributed by atoms with Crippen LogP contribution in [0, 0.1) is 6.92 Å². The molecule has 0 aliphatic rings. The predicted octanol–water partition coefficient (Wildman–Crippen LogP) is 1.76. The molecule has 0 saturated carbocycles. The maximum atomic E-state index is 11.5. The topological polar surface area (TPSA) is 73.5 Å². The number of methoxy groups -OCH3 is 1. The summed E-state index contributed by atoms with van der Waals surface area (Å²) in [5.41, 5.74) is -0.180. The quantitative estimate of drug-likeness (QED) is 0.472. The molecule has 0 saturated heterocycles. The summed E-state index contributed by atoms with van der Waals surface area (Å²) in [5, 5.41) is 0. The summed E-state index contributed by atoms with van der Waals surface area (Å²) in [6, 6.07) is 0. The number of allylic oxidation sites excluding steroid dienone is 1. The zero-order valence-electron chi connectivity index (χ0n) is 11.8. The van der Waals surface area contributed by atoms with Gasteiger partial charge in [0.25, 0.3) is 0 Å². The molecule has 1 unspecified atom stereocenters. The third-order valence-electron chi connectivity index (χ3n) is 3.03. The summed E-state index contributed by atoms with van der Waals surface area (Å²) >= 11 is 5.58. The maximum absolute atomic E-state index is 11.5. The molecule has 112 valence electrons. The summed E-state index contributed by atoms with van der Waals surface area (Å²) in [5.74, 6) is -0.795. The average Bonchev–Trinajstić information content (AvgIpc) is 2.77. The molecular weight excluding hydrogens is 284 g/mol. The van der Waals surface area contributed by atoms with E-state index in [0.717, 1.165) is 5.69 Å². The molecule has 0 bridgehead atoms. The van der Waals surface area contributed by atoms with Crippen LogP contribution in [0.5, 0.6) is 0 Å². The molecule has 1 rings (SSSR count). The van der Waals surface area contributed by atoms with Crippen LogP contribution in [-0.2, 0) is 16.1 Å². The predicted molar refractivity (Wildman–Crippen MR) is 75.5 cm³/mol. The van der Waals surface area contributed by atoms with Crippen LogP contribution in [0.3, 0.4) is 0 Å². The van der Waals surface area contributed by atoms with Gasteiger partial charge in [0.1, 0.15) is 11.8 Å². The molecule has 1 aromatic heterocycles. The largest absolute Gasteiger partial charge is 0.468 e. The Morgan fingerprint density at radius 2 is 2.30 bits per heavy atom. The number of nitrogens with one attached hydrogen (secondary N) is 1. The summed E-state index contributed by atoms with van der Waals surface area (Å²) < 4.78 is 11.0. The molecule has 0 amide bonds. The molecule has 0 aromatic carbocycles. The molecule has 0 spiro atoms. The van der Waals surface area contributed by atoms with Crippen molar-refractivity contribution in [2.24, 2.45) is 0 Å². The summed E-state index contributed by atoms with van der Waals surface area (Å²) in [6.45, 7) is 3.99. The number of carbonyl (C=O) groups is 1. The number of aryl methyl sites for hydroxylation is 1. The first-order valence-corrected chi connectivity index (χ1v) is 6.58. The van der Waals surface area contributed by atoms with Crippen molar-refractivity contribution in [1.82, 2.24) is 9.40 Å². The zero-order valence-corrected chi connectivity index (χ0v) is 12.6. The van der Waals surface area contributed by atoms with Crippen LogP contribution in [0.25, 0.3) is 0 Å². The van der Waals surface area contributed by atoms with Gasteiger partial charge in [0.2, 0.25) is 0 Å². The van der Waals surface area contributed by atoms with Gasteiger partial charge in [0.15, 0.2) is 0 Å². The molecule has 1 atom stereocenters. The Kier molecular flexibility index (Phi) is 6.04. The second kappa shape index (κ2) is 7.31. The minimum atomic E-state index is -0.963. The van der Waals surface area contributed by atoms with Crippen LogP contribution < -0.4 is 10.6 Å². The Morgan fingerprint density at radius 3 is 2.80 bits per heavy atom. The Labute approximate surface area is 122 Å². The Hall–Kier alpha value is -1.53. The monoisotopic (exact) mass is 302 g/mol.